The molecule has 11 rings (SSSR count). The number of rotatable bonds is 14. The van der Waals surface area contributed by atoms with Gasteiger partial charge in [0.05, 0.1) is 0 Å². The Morgan fingerprint density at radius 2 is 0.586 bits per heavy atom. The Kier molecular flexibility index (Phi) is 11.5. The summed E-state index contributed by atoms with van der Waals surface area (Å²) in [6.45, 7) is 20.7. The van der Waals surface area contributed by atoms with Crippen LogP contribution in [0.15, 0.2) is 220 Å². The van der Waals surface area contributed by atoms with E-state index in [0.29, 0.717) is 0 Å². The van der Waals surface area contributed by atoms with E-state index in [4.69, 9.17) is 0 Å². The minimum Gasteiger partial charge on any atom is -0.0985 e. The van der Waals surface area contributed by atoms with Crippen LogP contribution in [0.4, 0.5) is 0 Å². The van der Waals surface area contributed by atoms with Gasteiger partial charge in [-0.3, -0.25) is 0 Å². The van der Waals surface area contributed by atoms with Gasteiger partial charge in [-0.15, -0.1) is 0 Å². The number of aryl methyl sites for hydroxylation is 2. The molecule has 0 fully saturated rings. The topological polar surface area (TPSA) is 0 Å². The molecule has 9 aromatic rings. The highest BCUT2D eigenvalue weighted by molar-refractivity contribution is 5.88. The fourth-order valence-corrected chi connectivity index (χ4v) is 12.1. The molecule has 0 aliphatic heterocycles. The van der Waals surface area contributed by atoms with Crippen molar-refractivity contribution in [1.82, 2.24) is 0 Å². The Balaban J connectivity index is 1.02. The average molecular weight is 899 g/mol. The minimum absolute atomic E-state index is 0.286. The molecule has 70 heavy (non-hydrogen) atoms. The number of hydrogen-bond acceptors (Lipinski definition) is 0. The van der Waals surface area contributed by atoms with Crippen molar-refractivity contribution in [3.63, 3.8) is 0 Å². The molecule has 0 saturated carbocycles. The molecular formula is C70H58. The van der Waals surface area contributed by atoms with Crippen LogP contribution in [0.25, 0.3) is 68.8 Å². The zero-order valence-electron chi connectivity index (χ0n) is 40.4. The van der Waals surface area contributed by atoms with Crippen molar-refractivity contribution >= 4 is 24.3 Å². The maximum absolute atomic E-state index is 4.03. The van der Waals surface area contributed by atoms with Crippen LogP contribution in [-0.4, -0.2) is 0 Å². The summed E-state index contributed by atoms with van der Waals surface area (Å²) in [6.07, 6.45) is 11.2. The second-order valence-corrected chi connectivity index (χ2v) is 19.7. The summed E-state index contributed by atoms with van der Waals surface area (Å²) in [5, 5.41) is 0. The van der Waals surface area contributed by atoms with Crippen LogP contribution in [0.3, 0.4) is 0 Å². The summed E-state index contributed by atoms with van der Waals surface area (Å²) in [5.41, 5.74) is 27.7. The van der Waals surface area contributed by atoms with Gasteiger partial charge in [0.25, 0.3) is 0 Å². The van der Waals surface area contributed by atoms with Gasteiger partial charge in [0, 0.05) is 10.8 Å². The first-order chi connectivity index (χ1) is 34.2. The van der Waals surface area contributed by atoms with E-state index in [1.165, 1.54) is 100 Å². The predicted octanol–water partition coefficient (Wildman–Crippen LogP) is 17.7. The van der Waals surface area contributed by atoms with Crippen LogP contribution < -0.4 is 0 Å². The minimum atomic E-state index is -0.286. The quantitative estimate of drug-likeness (QED) is 0.102. The molecule has 9 aromatic carbocycles. The van der Waals surface area contributed by atoms with E-state index in [2.05, 4.69) is 234 Å². The van der Waals surface area contributed by atoms with Crippen LogP contribution in [0.2, 0.25) is 0 Å². The van der Waals surface area contributed by atoms with Crippen molar-refractivity contribution in [2.24, 2.45) is 0 Å². The number of hydrogen-bond donors (Lipinski definition) is 0. The van der Waals surface area contributed by atoms with E-state index < -0.39 is 0 Å². The van der Waals surface area contributed by atoms with Crippen molar-refractivity contribution in [3.8, 4) is 44.5 Å². The second-order valence-electron chi connectivity index (χ2n) is 19.7. The zero-order valence-corrected chi connectivity index (χ0v) is 40.4. The lowest BCUT2D eigenvalue weighted by atomic mass is 9.69. The summed E-state index contributed by atoms with van der Waals surface area (Å²) < 4.78 is 0. The highest BCUT2D eigenvalue weighted by atomic mass is 14.5. The normalized spacial score (nSPS) is 13.4. The van der Waals surface area contributed by atoms with Gasteiger partial charge in [0.15, 0.2) is 0 Å². The summed E-state index contributed by atoms with van der Waals surface area (Å²) in [4.78, 5) is 0. The Hall–Kier alpha value is -8.06. The van der Waals surface area contributed by atoms with Crippen LogP contribution in [-0.2, 0) is 36.5 Å². The van der Waals surface area contributed by atoms with Crippen molar-refractivity contribution in [1.29, 1.82) is 0 Å². The van der Waals surface area contributed by atoms with E-state index >= 15 is 0 Å². The first kappa shape index (κ1) is 44.4. The van der Waals surface area contributed by atoms with Crippen LogP contribution in [0.5, 0.6) is 0 Å². The van der Waals surface area contributed by atoms with Gasteiger partial charge in [-0.05, 0) is 174 Å². The highest BCUT2D eigenvalue weighted by Crippen LogP contribution is 2.55. The highest BCUT2D eigenvalue weighted by Gasteiger charge is 2.45. The molecule has 0 N–H and O–H groups in total. The SMILES string of the molecule is C=Cc1ccc(CC2(Cc3ccc(C=C)cc3)c3ccccc3-c3ccc(-c4cc(C)c(-c5ccc6c(c5)C(Cc5ccc(C=C)cc5)(Cc5ccc(C=C)cc5)c5ccccc5-6)cc4C)cc32)cc1. The lowest BCUT2D eigenvalue weighted by Crippen LogP contribution is -2.31. The van der Waals surface area contributed by atoms with Gasteiger partial charge < -0.3 is 0 Å². The molecule has 0 bridgehead atoms. The molecule has 0 unspecified atom stereocenters. The molecular weight excluding hydrogens is 841 g/mol. The molecule has 0 heterocycles. The monoisotopic (exact) mass is 898 g/mol. The van der Waals surface area contributed by atoms with Crippen LogP contribution in [0, 0.1) is 13.8 Å². The maximum Gasteiger partial charge on any atom is 0.0295 e. The molecule has 0 aromatic heterocycles. The van der Waals surface area contributed by atoms with Crippen molar-refractivity contribution in [2.75, 3.05) is 0 Å². The van der Waals surface area contributed by atoms with E-state index in [1.807, 2.05) is 24.3 Å². The van der Waals surface area contributed by atoms with E-state index in [0.717, 1.165) is 47.9 Å². The molecule has 0 nitrogen and oxygen atoms in total. The van der Waals surface area contributed by atoms with Gasteiger partial charge in [-0.1, -0.05) is 233 Å². The fourth-order valence-electron chi connectivity index (χ4n) is 12.1. The summed E-state index contributed by atoms with van der Waals surface area (Å²) in [5.74, 6) is 0. The molecule has 0 radical (unpaired) electrons. The molecule has 2 aliphatic carbocycles. The molecule has 0 amide bonds. The third-order valence-electron chi connectivity index (χ3n) is 15.6. The van der Waals surface area contributed by atoms with Crippen molar-refractivity contribution in [3.05, 3.63) is 298 Å². The third-order valence-corrected chi connectivity index (χ3v) is 15.6. The Bertz CT molecular complexity index is 3140. The lowest BCUT2D eigenvalue weighted by molar-refractivity contribution is 0.520. The largest absolute Gasteiger partial charge is 0.0985 e. The smallest absolute Gasteiger partial charge is 0.0295 e. The first-order valence-corrected chi connectivity index (χ1v) is 24.7. The van der Waals surface area contributed by atoms with Gasteiger partial charge in [-0.2, -0.15) is 0 Å². The van der Waals surface area contributed by atoms with E-state index in [1.54, 1.807) is 0 Å². The molecule has 0 saturated heterocycles. The summed E-state index contributed by atoms with van der Waals surface area (Å²) in [6, 6.07) is 73.6. The van der Waals surface area contributed by atoms with Crippen molar-refractivity contribution in [2.45, 2.75) is 50.4 Å². The van der Waals surface area contributed by atoms with Crippen LogP contribution in [0.1, 0.15) is 77.9 Å². The number of fused-ring (bicyclic) bond motifs is 6. The third kappa shape index (κ3) is 7.75. The van der Waals surface area contributed by atoms with Crippen LogP contribution >= 0.6 is 0 Å². The van der Waals surface area contributed by atoms with Crippen molar-refractivity contribution < 1.29 is 0 Å². The van der Waals surface area contributed by atoms with Gasteiger partial charge >= 0.3 is 0 Å². The van der Waals surface area contributed by atoms with Gasteiger partial charge in [-0.25, -0.2) is 0 Å². The Morgan fingerprint density at radius 3 is 0.886 bits per heavy atom. The maximum atomic E-state index is 4.03. The van der Waals surface area contributed by atoms with Gasteiger partial charge in [0.2, 0.25) is 0 Å². The average Bonchev–Trinajstić information content (AvgIpc) is 3.82. The Labute approximate surface area is 415 Å². The predicted molar refractivity (Wildman–Crippen MR) is 300 cm³/mol. The number of benzene rings is 9. The molecule has 0 spiro atoms. The standard InChI is InChI=1S/C70H58/c1-7-49-19-27-53(28-20-49)43-69(44-54-29-21-50(8-2)22-30-54)65-17-13-11-15-59(65)61-37-35-57(41-67(61)69)63-39-48(6)64(40-47(63)5)58-36-38-62-60-16-12-14-18-66(60)70(68(62)42-58,45-55-31-23-51(9-3)24-32-55)46-56-33-25-52(10-4)26-34-56/h7-42H,1-4,43-46H2,5-6H3. The summed E-state index contributed by atoms with van der Waals surface area (Å²) in [7, 11) is 0. The molecule has 0 atom stereocenters. The Morgan fingerprint density at radius 1 is 0.300 bits per heavy atom. The van der Waals surface area contributed by atoms with E-state index in [-0.39, 0.29) is 10.8 Å². The van der Waals surface area contributed by atoms with E-state index in [9.17, 15) is 0 Å². The lowest BCUT2D eigenvalue weighted by Gasteiger charge is -2.33. The molecule has 2 aliphatic rings. The summed E-state index contributed by atoms with van der Waals surface area (Å²) >= 11 is 0. The molecule has 338 valence electrons. The zero-order chi connectivity index (χ0) is 48.0. The first-order valence-electron chi connectivity index (χ1n) is 24.7. The van der Waals surface area contributed by atoms with Gasteiger partial charge in [0.1, 0.15) is 0 Å². The second kappa shape index (κ2) is 18.1. The fraction of sp³-hybridized carbons (Fsp3) is 0.114. The molecule has 0 heteroatoms.